The molecular formula is C19H18N4O5. The molecule has 0 fully saturated rings. The fourth-order valence-electron chi connectivity index (χ4n) is 3.48. The zero-order valence-electron chi connectivity index (χ0n) is 15.0. The van der Waals surface area contributed by atoms with Crippen LogP contribution in [0.3, 0.4) is 0 Å². The van der Waals surface area contributed by atoms with Crippen molar-refractivity contribution in [2.45, 2.75) is 32.0 Å². The van der Waals surface area contributed by atoms with Gasteiger partial charge in [-0.25, -0.2) is 9.36 Å². The van der Waals surface area contributed by atoms with Gasteiger partial charge in [-0.3, -0.25) is 14.2 Å². The summed E-state index contributed by atoms with van der Waals surface area (Å²) in [5.74, 6) is 0.732. The Kier molecular flexibility index (Phi) is 4.61. The first-order chi connectivity index (χ1) is 13.6. The number of hydrogen-bond acceptors (Lipinski definition) is 6. The summed E-state index contributed by atoms with van der Waals surface area (Å²) in [7, 11) is 0. The van der Waals surface area contributed by atoms with Crippen LogP contribution in [-0.4, -0.2) is 34.3 Å². The van der Waals surface area contributed by atoms with Gasteiger partial charge in [-0.1, -0.05) is 12.1 Å². The van der Waals surface area contributed by atoms with Crippen molar-refractivity contribution in [3.05, 3.63) is 56.4 Å². The summed E-state index contributed by atoms with van der Waals surface area (Å²) in [5, 5.41) is 11.9. The first kappa shape index (κ1) is 17.9. The highest BCUT2D eigenvalue weighted by molar-refractivity contribution is 5.75. The highest BCUT2D eigenvalue weighted by atomic mass is 16.6. The molecule has 2 aromatic rings. The summed E-state index contributed by atoms with van der Waals surface area (Å²) in [6.07, 6.45) is 0.826. The van der Waals surface area contributed by atoms with Gasteiger partial charge in [-0.05, 0) is 25.0 Å². The third-order valence-electron chi connectivity index (χ3n) is 4.84. The number of carbonyl (C=O) groups is 1. The molecule has 0 spiro atoms. The molecule has 1 N–H and O–H groups in total. The molecule has 144 valence electrons. The highest BCUT2D eigenvalue weighted by Crippen LogP contribution is 2.30. The van der Waals surface area contributed by atoms with Gasteiger partial charge in [0.15, 0.2) is 11.5 Å². The molecule has 0 saturated carbocycles. The maximum Gasteiger partial charge on any atom is 0.331 e. The number of carbonyl (C=O) groups excluding carboxylic acids is 1. The lowest BCUT2D eigenvalue weighted by Crippen LogP contribution is -2.47. The Morgan fingerprint density at radius 1 is 1.29 bits per heavy atom. The third kappa shape index (κ3) is 3.13. The van der Waals surface area contributed by atoms with E-state index in [1.165, 1.54) is 4.57 Å². The summed E-state index contributed by atoms with van der Waals surface area (Å²) >= 11 is 0. The monoisotopic (exact) mass is 382 g/mol. The van der Waals surface area contributed by atoms with Crippen molar-refractivity contribution in [1.82, 2.24) is 14.5 Å². The molecular weight excluding hydrogens is 364 g/mol. The number of nitrogens with one attached hydrogen (secondary N) is 1. The van der Waals surface area contributed by atoms with E-state index in [1.807, 2.05) is 18.2 Å². The van der Waals surface area contributed by atoms with Crippen LogP contribution >= 0.6 is 0 Å². The summed E-state index contributed by atoms with van der Waals surface area (Å²) in [5.41, 5.74) is -0.883. The fourth-order valence-corrected chi connectivity index (χ4v) is 3.48. The van der Waals surface area contributed by atoms with Gasteiger partial charge in [0, 0.05) is 12.2 Å². The lowest BCUT2D eigenvalue weighted by atomic mass is 10.2. The van der Waals surface area contributed by atoms with Crippen LogP contribution in [0.5, 0.6) is 11.5 Å². The standard InChI is InChI=1S/C19H18N4O5/c20-8-13-14-4-3-7-22(14)19(26)23(18(13)25)10-17(24)21-9-12-11-27-15-5-1-2-6-16(15)28-12/h1-2,5-6,12H,3-4,7,9-11H2,(H,21,24)/t12-/m1/s1. The van der Waals surface area contributed by atoms with Crippen LogP contribution in [-0.2, 0) is 24.3 Å². The molecule has 0 radical (unpaired) electrons. The van der Waals surface area contributed by atoms with Crippen molar-refractivity contribution in [3.8, 4) is 17.6 Å². The third-order valence-corrected chi connectivity index (χ3v) is 4.84. The molecule has 1 aromatic heterocycles. The summed E-state index contributed by atoms with van der Waals surface area (Å²) in [6.45, 7) is 0.435. The van der Waals surface area contributed by atoms with Crippen molar-refractivity contribution in [1.29, 1.82) is 5.26 Å². The van der Waals surface area contributed by atoms with Crippen molar-refractivity contribution in [3.63, 3.8) is 0 Å². The Labute approximate surface area is 159 Å². The summed E-state index contributed by atoms with van der Waals surface area (Å²) in [4.78, 5) is 37.3. The maximum atomic E-state index is 12.5. The van der Waals surface area contributed by atoms with E-state index in [0.29, 0.717) is 36.6 Å². The second-order valence-electron chi connectivity index (χ2n) is 6.66. The van der Waals surface area contributed by atoms with Gasteiger partial charge >= 0.3 is 5.69 Å². The molecule has 0 bridgehead atoms. The van der Waals surface area contributed by atoms with Gasteiger partial charge in [0.1, 0.15) is 30.9 Å². The quantitative estimate of drug-likeness (QED) is 0.782. The van der Waals surface area contributed by atoms with E-state index >= 15 is 0 Å². The van der Waals surface area contributed by atoms with Crippen LogP contribution in [0.2, 0.25) is 0 Å². The smallest absolute Gasteiger partial charge is 0.331 e. The van der Waals surface area contributed by atoms with Crippen LogP contribution in [0.4, 0.5) is 0 Å². The van der Waals surface area contributed by atoms with E-state index < -0.39 is 23.7 Å². The molecule has 0 unspecified atom stereocenters. The molecule has 0 saturated heterocycles. The van der Waals surface area contributed by atoms with E-state index in [0.717, 1.165) is 4.57 Å². The number of amides is 1. The topological polar surface area (TPSA) is 115 Å². The minimum absolute atomic E-state index is 0.0643. The number of para-hydroxylation sites is 2. The average Bonchev–Trinajstić information content (AvgIpc) is 3.19. The molecule has 28 heavy (non-hydrogen) atoms. The lowest BCUT2D eigenvalue weighted by Gasteiger charge is -2.26. The Hall–Kier alpha value is -3.54. The predicted octanol–water partition coefficient (Wildman–Crippen LogP) is -0.216. The number of aromatic nitrogens is 2. The molecule has 1 amide bonds. The fraction of sp³-hybridized carbons (Fsp3) is 0.368. The lowest BCUT2D eigenvalue weighted by molar-refractivity contribution is -0.122. The van der Waals surface area contributed by atoms with Crippen molar-refractivity contribution < 1.29 is 14.3 Å². The van der Waals surface area contributed by atoms with E-state index in [1.54, 1.807) is 12.1 Å². The first-order valence-corrected chi connectivity index (χ1v) is 9.00. The molecule has 0 aliphatic carbocycles. The van der Waals surface area contributed by atoms with E-state index in [9.17, 15) is 19.6 Å². The normalized spacial score (nSPS) is 16.9. The van der Waals surface area contributed by atoms with E-state index in [-0.39, 0.29) is 24.8 Å². The van der Waals surface area contributed by atoms with E-state index in [2.05, 4.69) is 5.32 Å². The van der Waals surface area contributed by atoms with Gasteiger partial charge < -0.3 is 14.8 Å². The number of nitriles is 1. The molecule has 9 heteroatoms. The Bertz CT molecular complexity index is 1090. The second kappa shape index (κ2) is 7.23. The van der Waals surface area contributed by atoms with Crippen LogP contribution < -0.4 is 26.0 Å². The minimum atomic E-state index is -0.720. The number of benzene rings is 1. The summed E-state index contributed by atoms with van der Waals surface area (Å²) < 4.78 is 13.6. The van der Waals surface area contributed by atoms with Crippen molar-refractivity contribution >= 4 is 5.91 Å². The number of fused-ring (bicyclic) bond motifs is 2. The molecule has 1 atom stereocenters. The molecule has 3 heterocycles. The van der Waals surface area contributed by atoms with Crippen molar-refractivity contribution in [2.75, 3.05) is 13.2 Å². The summed E-state index contributed by atoms with van der Waals surface area (Å²) in [6, 6.07) is 9.10. The zero-order chi connectivity index (χ0) is 19.7. The second-order valence-corrected chi connectivity index (χ2v) is 6.66. The van der Waals surface area contributed by atoms with Gasteiger partial charge in [-0.15, -0.1) is 0 Å². The Morgan fingerprint density at radius 3 is 2.86 bits per heavy atom. The number of ether oxygens (including phenoxy) is 2. The maximum absolute atomic E-state index is 12.5. The minimum Gasteiger partial charge on any atom is -0.486 e. The van der Waals surface area contributed by atoms with Crippen molar-refractivity contribution in [2.24, 2.45) is 0 Å². The molecule has 4 rings (SSSR count). The zero-order valence-corrected chi connectivity index (χ0v) is 15.0. The van der Waals surface area contributed by atoms with Crippen LogP contribution in [0.25, 0.3) is 0 Å². The van der Waals surface area contributed by atoms with Crippen LogP contribution in [0.1, 0.15) is 17.7 Å². The van der Waals surface area contributed by atoms with Crippen LogP contribution in [0, 0.1) is 11.3 Å². The average molecular weight is 382 g/mol. The Balaban J connectivity index is 1.45. The Morgan fingerprint density at radius 2 is 2.07 bits per heavy atom. The van der Waals surface area contributed by atoms with Gasteiger partial charge in [0.2, 0.25) is 5.91 Å². The highest BCUT2D eigenvalue weighted by Gasteiger charge is 2.24. The number of nitrogens with zero attached hydrogens (tertiary/aromatic N) is 3. The number of hydrogen-bond donors (Lipinski definition) is 1. The number of rotatable bonds is 4. The first-order valence-electron chi connectivity index (χ1n) is 9.00. The van der Waals surface area contributed by atoms with Crippen LogP contribution in [0.15, 0.2) is 33.9 Å². The molecule has 2 aliphatic heterocycles. The molecule has 1 aromatic carbocycles. The van der Waals surface area contributed by atoms with Gasteiger partial charge in [-0.2, -0.15) is 5.26 Å². The van der Waals surface area contributed by atoms with E-state index in [4.69, 9.17) is 9.47 Å². The molecule has 2 aliphatic rings. The predicted molar refractivity (Wildman–Crippen MR) is 97.4 cm³/mol. The van der Waals surface area contributed by atoms with Gasteiger partial charge in [0.05, 0.1) is 6.54 Å². The largest absolute Gasteiger partial charge is 0.486 e. The van der Waals surface area contributed by atoms with Gasteiger partial charge in [0.25, 0.3) is 5.56 Å². The SMILES string of the molecule is N#Cc1c2n(c(=O)n(CC(=O)NC[C@@H]3COc4ccccc4O3)c1=O)CCC2. The molecule has 9 nitrogen and oxygen atoms in total.